The summed E-state index contributed by atoms with van der Waals surface area (Å²) in [5.41, 5.74) is 1.06. The predicted molar refractivity (Wildman–Crippen MR) is 141 cm³/mol. The first-order valence-corrected chi connectivity index (χ1v) is 14.7. The molecule has 0 saturated heterocycles. The highest BCUT2D eigenvalue weighted by atomic mass is 31.0. The van der Waals surface area contributed by atoms with Crippen LogP contribution in [0.2, 0.25) is 0 Å². The maximum atomic E-state index is 6.26. The van der Waals surface area contributed by atoms with E-state index >= 15 is 0 Å². The molecule has 4 fully saturated rings. The second-order valence-corrected chi connectivity index (χ2v) is 13.8. The Kier molecular flexibility index (Phi) is 7.60. The Balaban J connectivity index is 1.56. The third-order valence-corrected chi connectivity index (χ3v) is 12.1. The Morgan fingerprint density at radius 2 is 1.62 bits per heavy atom. The van der Waals surface area contributed by atoms with Crippen molar-refractivity contribution in [2.75, 3.05) is 0 Å². The molecule has 1 nitrogen and oxygen atoms in total. The fourth-order valence-electron chi connectivity index (χ4n) is 9.74. The zero-order valence-corrected chi connectivity index (χ0v) is 23.4. The fourth-order valence-corrected chi connectivity index (χ4v) is 10.0. The molecule has 4 aliphatic rings. The van der Waals surface area contributed by atoms with E-state index in [0.717, 1.165) is 47.3 Å². The van der Waals surface area contributed by atoms with Gasteiger partial charge in [-0.15, -0.1) is 0 Å². The molecule has 0 aromatic carbocycles. The maximum absolute atomic E-state index is 6.26. The number of hydrogen-bond donors (Lipinski definition) is 0. The number of hydrogen-bond acceptors (Lipinski definition) is 1. The van der Waals surface area contributed by atoms with Crippen LogP contribution in [-0.2, 0) is 4.52 Å². The van der Waals surface area contributed by atoms with Crippen LogP contribution in [0.4, 0.5) is 0 Å². The van der Waals surface area contributed by atoms with Crippen LogP contribution in [0.5, 0.6) is 0 Å². The van der Waals surface area contributed by atoms with Crippen LogP contribution in [0.15, 0.2) is 12.2 Å². The topological polar surface area (TPSA) is 9.23 Å². The standard InChI is InChI=1S/C30H53OP/c1-8-22(19(2)3)10-9-21(5)24-11-12-25-28-26(14-16-30(24,25)7)29(6)15-13-20(4)17-23(29)18-27(28)31-32/h9-10,19-28H,8,11-18,32H2,1-7H3/b10-9+/t20-,21+,22+,23-,24+,25?,26?,27?,28-,29-,30+/m0/s1. The lowest BCUT2D eigenvalue weighted by Crippen LogP contribution is -2.58. The summed E-state index contributed by atoms with van der Waals surface area (Å²) >= 11 is 0. The number of allylic oxidation sites excluding steroid dienone is 2. The largest absolute Gasteiger partial charge is 0.362 e. The molecule has 4 aliphatic carbocycles. The van der Waals surface area contributed by atoms with Crippen molar-refractivity contribution in [3.63, 3.8) is 0 Å². The van der Waals surface area contributed by atoms with Gasteiger partial charge in [0.15, 0.2) is 0 Å². The Hall–Kier alpha value is 0.130. The zero-order chi connectivity index (χ0) is 23.3. The third kappa shape index (κ3) is 4.19. The minimum atomic E-state index is 0.466. The van der Waals surface area contributed by atoms with E-state index in [1.165, 1.54) is 57.8 Å². The van der Waals surface area contributed by atoms with Gasteiger partial charge in [0, 0.05) is 9.47 Å². The summed E-state index contributed by atoms with van der Waals surface area (Å²) in [6.07, 6.45) is 18.3. The molecule has 0 aromatic rings. The molecule has 4 unspecified atom stereocenters. The van der Waals surface area contributed by atoms with Gasteiger partial charge < -0.3 is 4.52 Å². The maximum Gasteiger partial charge on any atom is 0.0647 e. The number of rotatable bonds is 6. The van der Waals surface area contributed by atoms with E-state index in [1.54, 1.807) is 0 Å². The average Bonchev–Trinajstić information content (AvgIpc) is 3.11. The summed E-state index contributed by atoms with van der Waals surface area (Å²) in [5, 5.41) is 0. The summed E-state index contributed by atoms with van der Waals surface area (Å²) in [7, 11) is 2.69. The van der Waals surface area contributed by atoms with Crippen LogP contribution in [0.1, 0.15) is 106 Å². The molecule has 0 radical (unpaired) electrons. The van der Waals surface area contributed by atoms with E-state index < -0.39 is 0 Å². The van der Waals surface area contributed by atoms with Crippen LogP contribution in [0, 0.1) is 64.1 Å². The normalized spacial score (nSPS) is 48.3. The molecule has 184 valence electrons. The van der Waals surface area contributed by atoms with E-state index in [-0.39, 0.29) is 0 Å². The molecule has 0 heterocycles. The average molecular weight is 461 g/mol. The highest BCUT2D eigenvalue weighted by Gasteiger charge is 2.63. The van der Waals surface area contributed by atoms with Gasteiger partial charge in [-0.05, 0) is 115 Å². The molecular formula is C30H53OP. The lowest BCUT2D eigenvalue weighted by atomic mass is 9.43. The highest BCUT2D eigenvalue weighted by molar-refractivity contribution is 7.09. The van der Waals surface area contributed by atoms with E-state index in [9.17, 15) is 0 Å². The molecule has 0 bridgehead atoms. The summed E-state index contributed by atoms with van der Waals surface area (Å²) in [4.78, 5) is 0. The Bertz CT molecular complexity index is 672. The van der Waals surface area contributed by atoms with Crippen molar-refractivity contribution in [1.29, 1.82) is 0 Å². The summed E-state index contributed by atoms with van der Waals surface area (Å²) in [6, 6.07) is 0. The Morgan fingerprint density at radius 1 is 0.938 bits per heavy atom. The molecule has 2 heteroatoms. The molecule has 32 heavy (non-hydrogen) atoms. The zero-order valence-electron chi connectivity index (χ0n) is 22.3. The second kappa shape index (κ2) is 9.64. The van der Waals surface area contributed by atoms with Crippen LogP contribution in [0.25, 0.3) is 0 Å². The van der Waals surface area contributed by atoms with Crippen LogP contribution in [-0.4, -0.2) is 6.10 Å². The van der Waals surface area contributed by atoms with Gasteiger partial charge in [0.25, 0.3) is 0 Å². The summed E-state index contributed by atoms with van der Waals surface area (Å²) in [6.45, 7) is 17.5. The SMILES string of the molecule is CC[C@H](/C=C/[C@@H](C)[C@H]1CCC2[C@@H]3C(OP)C[C@@H]4C[C@@H](C)CC[C@]4(C)C3CC[C@@]21C)C(C)C. The van der Waals surface area contributed by atoms with E-state index in [4.69, 9.17) is 4.52 Å². The monoisotopic (exact) mass is 460 g/mol. The van der Waals surface area contributed by atoms with Crippen molar-refractivity contribution in [3.05, 3.63) is 12.2 Å². The van der Waals surface area contributed by atoms with Crippen molar-refractivity contribution in [3.8, 4) is 0 Å². The molecule has 4 rings (SSSR count). The second-order valence-electron chi connectivity index (χ2n) is 13.6. The summed E-state index contributed by atoms with van der Waals surface area (Å²) < 4.78 is 6.26. The molecule has 0 aliphatic heterocycles. The van der Waals surface area contributed by atoms with Gasteiger partial charge >= 0.3 is 0 Å². The fraction of sp³-hybridized carbons (Fsp3) is 0.933. The van der Waals surface area contributed by atoms with Crippen molar-refractivity contribution >= 4 is 9.47 Å². The van der Waals surface area contributed by atoms with Crippen LogP contribution >= 0.6 is 9.47 Å². The van der Waals surface area contributed by atoms with E-state index in [0.29, 0.717) is 22.9 Å². The van der Waals surface area contributed by atoms with E-state index in [2.05, 4.69) is 70.1 Å². The van der Waals surface area contributed by atoms with Gasteiger partial charge in [0.1, 0.15) is 0 Å². The highest BCUT2D eigenvalue weighted by Crippen LogP contribution is 2.69. The van der Waals surface area contributed by atoms with E-state index in [1.807, 2.05) is 0 Å². The minimum absolute atomic E-state index is 0.466. The van der Waals surface area contributed by atoms with Gasteiger partial charge in [-0.2, -0.15) is 0 Å². The third-order valence-electron chi connectivity index (χ3n) is 11.8. The lowest BCUT2D eigenvalue weighted by Gasteiger charge is -2.63. The first-order valence-electron chi connectivity index (χ1n) is 14.2. The molecule has 4 saturated carbocycles. The van der Waals surface area contributed by atoms with Crippen molar-refractivity contribution in [1.82, 2.24) is 0 Å². The molecule has 0 spiro atoms. The van der Waals surface area contributed by atoms with Crippen molar-refractivity contribution in [2.24, 2.45) is 64.1 Å². The van der Waals surface area contributed by atoms with Crippen molar-refractivity contribution in [2.45, 2.75) is 112 Å². The Labute approximate surface area is 202 Å². The quantitative estimate of drug-likeness (QED) is 0.284. The van der Waals surface area contributed by atoms with Gasteiger partial charge in [-0.3, -0.25) is 0 Å². The first-order chi connectivity index (χ1) is 15.2. The Morgan fingerprint density at radius 3 is 2.28 bits per heavy atom. The van der Waals surface area contributed by atoms with Gasteiger partial charge in [0.05, 0.1) is 6.10 Å². The van der Waals surface area contributed by atoms with Crippen LogP contribution in [0.3, 0.4) is 0 Å². The molecule has 0 N–H and O–H groups in total. The van der Waals surface area contributed by atoms with Crippen molar-refractivity contribution < 1.29 is 4.52 Å². The number of fused-ring (bicyclic) bond motifs is 5. The molecule has 0 aromatic heterocycles. The molecule has 0 amide bonds. The predicted octanol–water partition coefficient (Wildman–Crippen LogP) is 8.94. The molecule has 12 atom stereocenters. The first kappa shape index (κ1) is 25.2. The summed E-state index contributed by atoms with van der Waals surface area (Å²) in [5.74, 6) is 7.33. The molecular weight excluding hydrogens is 407 g/mol. The minimum Gasteiger partial charge on any atom is -0.362 e. The van der Waals surface area contributed by atoms with Gasteiger partial charge in [-0.1, -0.05) is 67.0 Å². The lowest BCUT2D eigenvalue weighted by molar-refractivity contribution is -0.158. The smallest absolute Gasteiger partial charge is 0.0647 e. The van der Waals surface area contributed by atoms with Gasteiger partial charge in [0.2, 0.25) is 0 Å². The van der Waals surface area contributed by atoms with Gasteiger partial charge in [-0.25, -0.2) is 0 Å². The van der Waals surface area contributed by atoms with Crippen LogP contribution < -0.4 is 0 Å².